The first-order valence-electron chi connectivity index (χ1n) is 7.68. The number of para-hydroxylation sites is 2. The second-order valence-electron chi connectivity index (χ2n) is 5.62. The van der Waals surface area contributed by atoms with Crippen LogP contribution in [0.15, 0.2) is 24.3 Å². The first-order chi connectivity index (χ1) is 11.7. The lowest BCUT2D eigenvalue weighted by Crippen LogP contribution is -2.44. The van der Waals surface area contributed by atoms with Crippen molar-refractivity contribution in [2.45, 2.75) is 25.4 Å². The number of rotatable bonds is 4. The van der Waals surface area contributed by atoms with Gasteiger partial charge in [-0.05, 0) is 25.3 Å². The van der Waals surface area contributed by atoms with Gasteiger partial charge in [0, 0.05) is 19.2 Å². The summed E-state index contributed by atoms with van der Waals surface area (Å²) in [6.07, 6.45) is -0.538. The Hall–Kier alpha value is -2.13. The van der Waals surface area contributed by atoms with Crippen LogP contribution in [-0.4, -0.2) is 50.9 Å². The summed E-state index contributed by atoms with van der Waals surface area (Å²) in [7, 11) is 3.32. The largest absolute Gasteiger partial charge is 0.490 e. The van der Waals surface area contributed by atoms with Crippen molar-refractivity contribution < 1.29 is 32.7 Å². The molecule has 0 radical (unpaired) electrons. The lowest BCUT2D eigenvalue weighted by atomic mass is 10.1. The quantitative estimate of drug-likeness (QED) is 0.506. The van der Waals surface area contributed by atoms with E-state index in [0.29, 0.717) is 0 Å². The van der Waals surface area contributed by atoms with E-state index in [4.69, 9.17) is 14.7 Å². The zero-order valence-electron chi connectivity index (χ0n) is 14.1. The van der Waals surface area contributed by atoms with Crippen molar-refractivity contribution in [3.63, 3.8) is 0 Å². The number of anilines is 1. The summed E-state index contributed by atoms with van der Waals surface area (Å²) in [5, 5.41) is 7.12. The maximum atomic E-state index is 11.3. The van der Waals surface area contributed by atoms with Crippen LogP contribution in [-0.2, 0) is 14.4 Å². The highest BCUT2D eigenvalue weighted by atomic mass is 19.4. The molecule has 25 heavy (non-hydrogen) atoms. The first kappa shape index (κ1) is 20.9. The molecule has 1 aromatic rings. The Labute approximate surface area is 143 Å². The maximum Gasteiger partial charge on any atom is 0.490 e. The molecule has 1 saturated heterocycles. The number of amides is 1. The van der Waals surface area contributed by atoms with E-state index in [2.05, 4.69) is 11.0 Å². The molecule has 0 saturated carbocycles. The highest BCUT2D eigenvalue weighted by molar-refractivity contribution is 5.77. The minimum absolute atomic E-state index is 0.146. The molecule has 1 atom stereocenters. The van der Waals surface area contributed by atoms with E-state index < -0.39 is 12.1 Å². The summed E-state index contributed by atoms with van der Waals surface area (Å²) < 4.78 is 31.6. The van der Waals surface area contributed by atoms with E-state index in [1.807, 2.05) is 18.2 Å². The van der Waals surface area contributed by atoms with Crippen LogP contribution in [0.2, 0.25) is 0 Å². The molecule has 1 unspecified atom stereocenters. The van der Waals surface area contributed by atoms with Gasteiger partial charge in [0.05, 0.1) is 7.11 Å². The molecule has 0 spiro atoms. The smallest absolute Gasteiger partial charge is 0.475 e. The van der Waals surface area contributed by atoms with E-state index >= 15 is 0 Å². The molecule has 2 rings (SSSR count). The molecule has 1 amide bonds. The van der Waals surface area contributed by atoms with Crippen LogP contribution in [0, 0.1) is 0 Å². The molecule has 0 aromatic heterocycles. The number of alkyl halides is 3. The fourth-order valence-corrected chi connectivity index (χ4v) is 2.44. The third-order valence-corrected chi connectivity index (χ3v) is 3.88. The summed E-state index contributed by atoms with van der Waals surface area (Å²) in [5.74, 6) is -2.76. The third-order valence-electron chi connectivity index (χ3n) is 3.88. The minimum atomic E-state index is -5.08. The number of carboxylic acid groups (broad SMARTS) is 1. The molecule has 6 nitrogen and oxygen atoms in total. The van der Waals surface area contributed by atoms with Crippen LogP contribution >= 0.6 is 0 Å². The van der Waals surface area contributed by atoms with Crippen molar-refractivity contribution in [3.8, 4) is 0 Å². The predicted octanol–water partition coefficient (Wildman–Crippen LogP) is 2.97. The molecular formula is C16H22F3N2O4+. The molecule has 1 heterocycles. The maximum absolute atomic E-state index is 11.3. The van der Waals surface area contributed by atoms with Gasteiger partial charge < -0.3 is 10.0 Å². The number of nitrogens with zero attached hydrogens (tertiary/aromatic N) is 2. The number of aliphatic carboxylic acids is 1. The van der Waals surface area contributed by atoms with Gasteiger partial charge in [-0.2, -0.15) is 18.0 Å². The van der Waals surface area contributed by atoms with Gasteiger partial charge in [-0.3, -0.25) is 0 Å². The van der Waals surface area contributed by atoms with E-state index in [1.54, 1.807) is 14.2 Å². The van der Waals surface area contributed by atoms with Crippen LogP contribution in [0.25, 0.3) is 0 Å². The lowest BCUT2D eigenvalue weighted by molar-refractivity contribution is -0.192. The second-order valence-corrected chi connectivity index (χ2v) is 5.62. The summed E-state index contributed by atoms with van der Waals surface area (Å²) in [4.78, 5) is 27.9. The Morgan fingerprint density at radius 3 is 2.20 bits per heavy atom. The van der Waals surface area contributed by atoms with Crippen LogP contribution in [0.1, 0.15) is 19.3 Å². The normalized spacial score (nSPS) is 17.1. The minimum Gasteiger partial charge on any atom is -0.475 e. The van der Waals surface area contributed by atoms with Crippen molar-refractivity contribution in [1.82, 2.24) is 4.65 Å². The summed E-state index contributed by atoms with van der Waals surface area (Å²) in [6.45, 7) is 2.11. The van der Waals surface area contributed by atoms with Gasteiger partial charge >= 0.3 is 18.6 Å². The fraction of sp³-hybridized carbons (Fsp3) is 0.500. The summed E-state index contributed by atoms with van der Waals surface area (Å²) >= 11 is 0. The molecule has 1 N–H and O–H groups in total. The lowest BCUT2D eigenvalue weighted by Gasteiger charge is -2.32. The number of piperidine rings is 1. The molecule has 140 valence electrons. The molecule has 9 heteroatoms. The SMILES string of the molecule is CO[N+](C)(C=O)c1ccccc1N1CCCCC1.O=C(O)C(F)(F)F. The van der Waals surface area contributed by atoms with Crippen LogP contribution in [0.5, 0.6) is 0 Å². The first-order valence-corrected chi connectivity index (χ1v) is 7.68. The average Bonchev–Trinajstić information content (AvgIpc) is 2.61. The number of hydroxylamine groups is 2. The Balaban J connectivity index is 0.000000381. The van der Waals surface area contributed by atoms with Crippen molar-refractivity contribution in [2.24, 2.45) is 0 Å². The molecule has 1 aromatic carbocycles. The van der Waals surface area contributed by atoms with E-state index in [9.17, 15) is 18.0 Å². The van der Waals surface area contributed by atoms with Gasteiger partial charge in [-0.15, -0.1) is 0 Å². The zero-order valence-corrected chi connectivity index (χ0v) is 14.1. The van der Waals surface area contributed by atoms with Crippen molar-refractivity contribution in [2.75, 3.05) is 32.1 Å². The van der Waals surface area contributed by atoms with Crippen LogP contribution < -0.4 is 9.55 Å². The number of quaternary nitrogens is 1. The van der Waals surface area contributed by atoms with Crippen LogP contribution in [0.4, 0.5) is 24.5 Å². The number of carboxylic acids is 1. The third kappa shape index (κ3) is 5.71. The number of hydrogen-bond acceptors (Lipinski definition) is 4. The van der Waals surface area contributed by atoms with Crippen molar-refractivity contribution in [3.05, 3.63) is 24.3 Å². The molecule has 1 aliphatic heterocycles. The van der Waals surface area contributed by atoms with Gasteiger partial charge in [0.25, 0.3) is 0 Å². The Kier molecular flexibility index (Phi) is 7.38. The van der Waals surface area contributed by atoms with E-state index in [-0.39, 0.29) is 4.65 Å². The van der Waals surface area contributed by atoms with Gasteiger partial charge in [0.1, 0.15) is 12.7 Å². The monoisotopic (exact) mass is 363 g/mol. The summed E-state index contributed by atoms with van der Waals surface area (Å²) in [6, 6.07) is 7.99. The van der Waals surface area contributed by atoms with Gasteiger partial charge in [0.15, 0.2) is 5.69 Å². The van der Waals surface area contributed by atoms with Gasteiger partial charge in [-0.25, -0.2) is 9.59 Å². The zero-order chi connectivity index (χ0) is 19.1. The number of halogens is 3. The standard InChI is InChI=1S/C14H21N2O2.C2HF3O2/c1-16(12-17,18-2)14-9-5-4-8-13(14)15-10-6-3-7-11-15;3-2(4,5)1(6)7/h4-5,8-9,12H,3,6-7,10-11H2,1-2H3;(H,6,7)/q+1;. The van der Waals surface area contributed by atoms with E-state index in [1.165, 1.54) is 19.3 Å². The topological polar surface area (TPSA) is 66.8 Å². The highest BCUT2D eigenvalue weighted by Gasteiger charge is 2.38. The van der Waals surface area contributed by atoms with Crippen molar-refractivity contribution >= 4 is 23.8 Å². The number of carbonyl (C=O) groups excluding carboxylic acids is 1. The number of hydrogen-bond donors (Lipinski definition) is 1. The van der Waals surface area contributed by atoms with Crippen LogP contribution in [0.3, 0.4) is 0 Å². The predicted molar refractivity (Wildman–Crippen MR) is 87.0 cm³/mol. The molecule has 0 bridgehead atoms. The van der Waals surface area contributed by atoms with Gasteiger partial charge in [-0.1, -0.05) is 16.8 Å². The van der Waals surface area contributed by atoms with E-state index in [0.717, 1.165) is 30.9 Å². The Morgan fingerprint density at radius 1 is 1.24 bits per heavy atom. The summed E-state index contributed by atoms with van der Waals surface area (Å²) in [5.41, 5.74) is 2.01. The fourth-order valence-electron chi connectivity index (χ4n) is 2.44. The molecule has 1 fully saturated rings. The number of carbonyl (C=O) groups is 2. The Morgan fingerprint density at radius 2 is 1.76 bits per heavy atom. The van der Waals surface area contributed by atoms with Crippen molar-refractivity contribution in [1.29, 1.82) is 0 Å². The average molecular weight is 363 g/mol. The molecule has 1 aliphatic rings. The number of benzene rings is 1. The molecular weight excluding hydrogens is 341 g/mol. The Bertz CT molecular complexity index is 589. The second kappa shape index (κ2) is 8.82. The molecule has 0 aliphatic carbocycles. The highest BCUT2D eigenvalue weighted by Crippen LogP contribution is 2.33. The van der Waals surface area contributed by atoms with Gasteiger partial charge in [0.2, 0.25) is 0 Å².